The molecular weight excluding hydrogens is 240 g/mol. The molecule has 1 heterocycles. The SMILES string of the molecule is COC1CN(C2Cc3ccccc3C2N)CC1OC. The zero-order valence-electron chi connectivity index (χ0n) is 11.6. The summed E-state index contributed by atoms with van der Waals surface area (Å²) in [6, 6.07) is 8.97. The molecule has 4 atom stereocenters. The van der Waals surface area contributed by atoms with Gasteiger partial charge in [0.1, 0.15) is 0 Å². The van der Waals surface area contributed by atoms with E-state index in [4.69, 9.17) is 15.2 Å². The van der Waals surface area contributed by atoms with Gasteiger partial charge in [-0.2, -0.15) is 0 Å². The Bertz CT molecular complexity index is 440. The van der Waals surface area contributed by atoms with Crippen LogP contribution in [0, 0.1) is 0 Å². The van der Waals surface area contributed by atoms with Gasteiger partial charge in [-0.15, -0.1) is 0 Å². The predicted molar refractivity (Wildman–Crippen MR) is 74.0 cm³/mol. The Labute approximate surface area is 114 Å². The predicted octanol–water partition coefficient (Wildman–Crippen LogP) is 0.957. The Morgan fingerprint density at radius 2 is 1.74 bits per heavy atom. The van der Waals surface area contributed by atoms with Crippen LogP contribution in [0.4, 0.5) is 0 Å². The fraction of sp³-hybridized carbons (Fsp3) is 0.600. The van der Waals surface area contributed by atoms with Gasteiger partial charge < -0.3 is 15.2 Å². The summed E-state index contributed by atoms with van der Waals surface area (Å²) in [5, 5.41) is 0. The molecule has 0 bridgehead atoms. The van der Waals surface area contributed by atoms with Crippen molar-refractivity contribution in [3.8, 4) is 0 Å². The molecule has 1 aromatic carbocycles. The van der Waals surface area contributed by atoms with Crippen molar-refractivity contribution in [2.24, 2.45) is 5.73 Å². The van der Waals surface area contributed by atoms with Gasteiger partial charge in [-0.05, 0) is 17.5 Å². The second kappa shape index (κ2) is 5.21. The molecule has 0 aromatic heterocycles. The zero-order valence-corrected chi connectivity index (χ0v) is 11.6. The molecule has 0 spiro atoms. The van der Waals surface area contributed by atoms with E-state index in [1.807, 2.05) is 0 Å². The molecule has 1 aliphatic heterocycles. The molecule has 104 valence electrons. The Hall–Kier alpha value is -0.940. The number of rotatable bonds is 3. The topological polar surface area (TPSA) is 47.7 Å². The molecule has 0 saturated carbocycles. The maximum absolute atomic E-state index is 6.42. The lowest BCUT2D eigenvalue weighted by Gasteiger charge is -2.27. The van der Waals surface area contributed by atoms with E-state index in [-0.39, 0.29) is 18.2 Å². The summed E-state index contributed by atoms with van der Waals surface area (Å²) >= 11 is 0. The number of hydrogen-bond acceptors (Lipinski definition) is 4. The van der Waals surface area contributed by atoms with Gasteiger partial charge in [0.25, 0.3) is 0 Å². The standard InChI is InChI=1S/C15H22N2O2/c1-18-13-8-17(9-14(13)19-2)12-7-10-5-3-4-6-11(10)15(12)16/h3-6,12-15H,7-9,16H2,1-2H3. The van der Waals surface area contributed by atoms with E-state index >= 15 is 0 Å². The fourth-order valence-electron chi connectivity index (χ4n) is 3.46. The molecule has 1 aromatic rings. The van der Waals surface area contributed by atoms with Gasteiger partial charge in [-0.1, -0.05) is 24.3 Å². The fourth-order valence-corrected chi connectivity index (χ4v) is 3.46. The van der Waals surface area contributed by atoms with Crippen LogP contribution in [0.25, 0.3) is 0 Å². The van der Waals surface area contributed by atoms with Gasteiger partial charge in [-0.3, -0.25) is 4.90 Å². The first-order valence-corrected chi connectivity index (χ1v) is 6.87. The molecule has 0 radical (unpaired) electrons. The number of methoxy groups -OCH3 is 2. The Morgan fingerprint density at radius 3 is 2.32 bits per heavy atom. The summed E-state index contributed by atoms with van der Waals surface area (Å²) in [7, 11) is 3.51. The number of likely N-dealkylation sites (tertiary alicyclic amines) is 1. The normalized spacial score (nSPS) is 34.7. The minimum atomic E-state index is 0.101. The molecular formula is C15H22N2O2. The third kappa shape index (κ3) is 2.19. The zero-order chi connectivity index (χ0) is 13.4. The van der Waals surface area contributed by atoms with E-state index in [0.717, 1.165) is 19.5 Å². The quantitative estimate of drug-likeness (QED) is 0.881. The molecule has 4 nitrogen and oxygen atoms in total. The van der Waals surface area contributed by atoms with Crippen LogP contribution in [-0.2, 0) is 15.9 Å². The van der Waals surface area contributed by atoms with Crippen molar-refractivity contribution >= 4 is 0 Å². The molecule has 4 heteroatoms. The highest BCUT2D eigenvalue weighted by molar-refractivity contribution is 5.37. The van der Waals surface area contributed by atoms with Crippen LogP contribution < -0.4 is 5.73 Å². The first-order valence-electron chi connectivity index (χ1n) is 6.87. The maximum Gasteiger partial charge on any atom is 0.0971 e. The summed E-state index contributed by atoms with van der Waals surface area (Å²) < 4.78 is 11.0. The summed E-state index contributed by atoms with van der Waals surface area (Å²) in [5.74, 6) is 0. The van der Waals surface area contributed by atoms with Crippen LogP contribution >= 0.6 is 0 Å². The average Bonchev–Trinajstić information content (AvgIpc) is 3.00. The average molecular weight is 262 g/mol. The highest BCUT2D eigenvalue weighted by Crippen LogP contribution is 2.34. The van der Waals surface area contributed by atoms with E-state index < -0.39 is 0 Å². The van der Waals surface area contributed by atoms with E-state index in [0.29, 0.717) is 6.04 Å². The minimum absolute atomic E-state index is 0.101. The Kier molecular flexibility index (Phi) is 3.58. The van der Waals surface area contributed by atoms with Crippen LogP contribution in [0.2, 0.25) is 0 Å². The van der Waals surface area contributed by atoms with Crippen molar-refractivity contribution in [2.75, 3.05) is 27.3 Å². The maximum atomic E-state index is 6.42. The van der Waals surface area contributed by atoms with Crippen molar-refractivity contribution in [1.29, 1.82) is 0 Å². The molecule has 3 rings (SSSR count). The van der Waals surface area contributed by atoms with Gasteiger partial charge in [-0.25, -0.2) is 0 Å². The Balaban J connectivity index is 1.76. The molecule has 19 heavy (non-hydrogen) atoms. The van der Waals surface area contributed by atoms with Crippen molar-refractivity contribution in [1.82, 2.24) is 4.90 Å². The first-order chi connectivity index (χ1) is 9.24. The lowest BCUT2D eigenvalue weighted by atomic mass is 10.1. The highest BCUT2D eigenvalue weighted by Gasteiger charge is 2.41. The lowest BCUT2D eigenvalue weighted by molar-refractivity contribution is -0.00461. The second-order valence-electron chi connectivity index (χ2n) is 5.50. The van der Waals surface area contributed by atoms with Crippen molar-refractivity contribution < 1.29 is 9.47 Å². The molecule has 4 unspecified atom stereocenters. The van der Waals surface area contributed by atoms with E-state index in [9.17, 15) is 0 Å². The van der Waals surface area contributed by atoms with Crippen molar-refractivity contribution in [2.45, 2.75) is 30.7 Å². The third-order valence-electron chi connectivity index (χ3n) is 4.58. The van der Waals surface area contributed by atoms with Crippen LogP contribution in [0.1, 0.15) is 17.2 Å². The van der Waals surface area contributed by atoms with Gasteiger partial charge in [0.2, 0.25) is 0 Å². The van der Waals surface area contributed by atoms with Gasteiger partial charge >= 0.3 is 0 Å². The summed E-state index contributed by atoms with van der Waals surface area (Å²) in [6.07, 6.45) is 1.34. The first kappa shape index (κ1) is 13.1. The van der Waals surface area contributed by atoms with Gasteiger partial charge in [0.15, 0.2) is 0 Å². The molecule has 1 fully saturated rings. The van der Waals surface area contributed by atoms with Gasteiger partial charge in [0.05, 0.1) is 12.2 Å². The number of hydrogen-bond donors (Lipinski definition) is 1. The molecule has 1 aliphatic carbocycles. The van der Waals surface area contributed by atoms with E-state index in [1.54, 1.807) is 14.2 Å². The third-order valence-corrected chi connectivity index (χ3v) is 4.58. The van der Waals surface area contributed by atoms with Crippen LogP contribution in [-0.4, -0.2) is 50.5 Å². The molecule has 2 aliphatic rings. The highest BCUT2D eigenvalue weighted by atomic mass is 16.5. The number of ether oxygens (including phenoxy) is 2. The largest absolute Gasteiger partial charge is 0.377 e. The minimum Gasteiger partial charge on any atom is -0.377 e. The summed E-state index contributed by atoms with van der Waals surface area (Å²) in [5.41, 5.74) is 9.10. The van der Waals surface area contributed by atoms with Crippen LogP contribution in [0.5, 0.6) is 0 Å². The second-order valence-corrected chi connectivity index (χ2v) is 5.50. The smallest absolute Gasteiger partial charge is 0.0971 e. The number of nitrogens with zero attached hydrogens (tertiary/aromatic N) is 1. The lowest BCUT2D eigenvalue weighted by Crippen LogP contribution is -2.40. The molecule has 2 N–H and O–H groups in total. The molecule has 0 amide bonds. The molecule has 1 saturated heterocycles. The monoisotopic (exact) mass is 262 g/mol. The van der Waals surface area contributed by atoms with Gasteiger partial charge in [0, 0.05) is 39.4 Å². The summed E-state index contributed by atoms with van der Waals surface area (Å²) in [4.78, 5) is 2.42. The number of nitrogens with two attached hydrogens (primary N) is 1. The number of benzene rings is 1. The van der Waals surface area contributed by atoms with Crippen LogP contribution in [0.3, 0.4) is 0 Å². The Morgan fingerprint density at radius 1 is 1.11 bits per heavy atom. The van der Waals surface area contributed by atoms with Crippen molar-refractivity contribution in [3.63, 3.8) is 0 Å². The summed E-state index contributed by atoms with van der Waals surface area (Å²) in [6.45, 7) is 1.81. The van der Waals surface area contributed by atoms with E-state index in [1.165, 1.54) is 11.1 Å². The number of fused-ring (bicyclic) bond motifs is 1. The van der Waals surface area contributed by atoms with E-state index in [2.05, 4.69) is 29.2 Å². The van der Waals surface area contributed by atoms with Crippen molar-refractivity contribution in [3.05, 3.63) is 35.4 Å². The van der Waals surface area contributed by atoms with Crippen LogP contribution in [0.15, 0.2) is 24.3 Å².